The third-order valence-electron chi connectivity index (χ3n) is 6.38. The molecule has 0 radical (unpaired) electrons. The van der Waals surface area contributed by atoms with Crippen LogP contribution in [-0.2, 0) is 23.3 Å². The standard InChI is InChI=1S/C31H35N3O2/c1-21(2)29(35)33-26-15-16-27-24(17-26)18-28(30(36)32-19-22-9-7-6-8-10-22)34(27)20-23-11-13-25(14-12-23)31(3,4)5/h6-18,21H,19-20H2,1-5H3,(H,32,36)(H,33,35). The summed E-state index contributed by atoms with van der Waals surface area (Å²) in [5, 5.41) is 6.93. The number of hydrogen-bond donors (Lipinski definition) is 2. The fraction of sp³-hybridized carbons (Fsp3) is 0.290. The van der Waals surface area contributed by atoms with Crippen LogP contribution in [0.15, 0.2) is 78.9 Å². The number of benzene rings is 3. The molecule has 5 nitrogen and oxygen atoms in total. The van der Waals surface area contributed by atoms with E-state index in [1.165, 1.54) is 5.56 Å². The lowest BCUT2D eigenvalue weighted by Crippen LogP contribution is -2.25. The molecule has 0 unspecified atom stereocenters. The van der Waals surface area contributed by atoms with Crippen LogP contribution >= 0.6 is 0 Å². The van der Waals surface area contributed by atoms with Crippen molar-refractivity contribution in [3.8, 4) is 0 Å². The van der Waals surface area contributed by atoms with Crippen molar-refractivity contribution in [1.29, 1.82) is 0 Å². The summed E-state index contributed by atoms with van der Waals surface area (Å²) in [7, 11) is 0. The molecular formula is C31H35N3O2. The van der Waals surface area contributed by atoms with Crippen LogP contribution in [0.4, 0.5) is 5.69 Å². The quantitative estimate of drug-likeness (QED) is 0.316. The van der Waals surface area contributed by atoms with E-state index in [4.69, 9.17) is 0 Å². The van der Waals surface area contributed by atoms with Gasteiger partial charge in [0.05, 0.1) is 0 Å². The van der Waals surface area contributed by atoms with Crippen LogP contribution in [0.3, 0.4) is 0 Å². The summed E-state index contributed by atoms with van der Waals surface area (Å²) in [5.41, 5.74) is 5.78. The molecule has 3 aromatic carbocycles. The lowest BCUT2D eigenvalue weighted by atomic mass is 9.87. The third kappa shape index (κ3) is 5.85. The van der Waals surface area contributed by atoms with Crippen molar-refractivity contribution in [3.05, 3.63) is 101 Å². The van der Waals surface area contributed by atoms with Gasteiger partial charge in [0.15, 0.2) is 0 Å². The molecule has 2 amide bonds. The van der Waals surface area contributed by atoms with Crippen LogP contribution in [-0.4, -0.2) is 16.4 Å². The third-order valence-corrected chi connectivity index (χ3v) is 6.38. The predicted molar refractivity (Wildman–Crippen MR) is 147 cm³/mol. The summed E-state index contributed by atoms with van der Waals surface area (Å²) >= 11 is 0. The molecule has 0 aliphatic rings. The lowest BCUT2D eigenvalue weighted by Gasteiger charge is -2.19. The zero-order valence-electron chi connectivity index (χ0n) is 21.8. The molecular weight excluding hydrogens is 446 g/mol. The number of anilines is 1. The highest BCUT2D eigenvalue weighted by Crippen LogP contribution is 2.27. The van der Waals surface area contributed by atoms with E-state index < -0.39 is 0 Å². The highest BCUT2D eigenvalue weighted by molar-refractivity contribution is 6.00. The molecule has 4 aromatic rings. The first-order chi connectivity index (χ1) is 17.1. The van der Waals surface area contributed by atoms with Crippen molar-refractivity contribution in [2.75, 3.05) is 5.32 Å². The fourth-order valence-electron chi connectivity index (χ4n) is 4.16. The molecule has 0 saturated heterocycles. The predicted octanol–water partition coefficient (Wildman–Crippen LogP) is 6.51. The van der Waals surface area contributed by atoms with E-state index in [-0.39, 0.29) is 23.1 Å². The molecule has 186 valence electrons. The topological polar surface area (TPSA) is 63.1 Å². The SMILES string of the molecule is CC(C)C(=O)Nc1ccc2c(c1)cc(C(=O)NCc1ccccc1)n2Cc1ccc(C(C)(C)C)cc1. The largest absolute Gasteiger partial charge is 0.347 e. The Kier molecular flexibility index (Phi) is 7.30. The Morgan fingerprint density at radius 1 is 0.861 bits per heavy atom. The number of carbonyl (C=O) groups is 2. The second kappa shape index (κ2) is 10.4. The molecule has 2 N–H and O–H groups in total. The zero-order valence-corrected chi connectivity index (χ0v) is 21.8. The summed E-state index contributed by atoms with van der Waals surface area (Å²) in [6.07, 6.45) is 0. The maximum absolute atomic E-state index is 13.3. The molecule has 1 heterocycles. The lowest BCUT2D eigenvalue weighted by molar-refractivity contribution is -0.118. The van der Waals surface area contributed by atoms with Gasteiger partial charge in [-0.05, 0) is 46.4 Å². The monoisotopic (exact) mass is 481 g/mol. The molecule has 1 aromatic heterocycles. The molecule has 36 heavy (non-hydrogen) atoms. The normalized spacial score (nSPS) is 11.6. The van der Waals surface area contributed by atoms with Crippen LogP contribution in [0.2, 0.25) is 0 Å². The van der Waals surface area contributed by atoms with Crippen molar-refractivity contribution in [2.45, 2.75) is 53.1 Å². The maximum atomic E-state index is 13.3. The van der Waals surface area contributed by atoms with E-state index in [1.807, 2.05) is 68.4 Å². The second-order valence-electron chi connectivity index (χ2n) is 10.6. The van der Waals surface area contributed by atoms with Gasteiger partial charge in [-0.15, -0.1) is 0 Å². The van der Waals surface area contributed by atoms with Gasteiger partial charge >= 0.3 is 0 Å². The summed E-state index contributed by atoms with van der Waals surface area (Å²) in [6, 6.07) is 26.2. The van der Waals surface area contributed by atoms with Gasteiger partial charge in [0.25, 0.3) is 5.91 Å². The number of hydrogen-bond acceptors (Lipinski definition) is 2. The second-order valence-corrected chi connectivity index (χ2v) is 10.6. The molecule has 0 saturated carbocycles. The molecule has 0 aliphatic carbocycles. The van der Waals surface area contributed by atoms with Crippen molar-refractivity contribution in [3.63, 3.8) is 0 Å². The molecule has 0 fully saturated rings. The number of fused-ring (bicyclic) bond motifs is 1. The van der Waals surface area contributed by atoms with E-state index in [0.29, 0.717) is 18.8 Å². The van der Waals surface area contributed by atoms with Gasteiger partial charge in [0.1, 0.15) is 5.69 Å². The van der Waals surface area contributed by atoms with Crippen LogP contribution in [0, 0.1) is 5.92 Å². The number of nitrogens with one attached hydrogen (secondary N) is 2. The molecule has 0 bridgehead atoms. The zero-order chi connectivity index (χ0) is 25.9. The van der Waals surface area contributed by atoms with Gasteiger partial charge in [0, 0.05) is 35.6 Å². The minimum absolute atomic E-state index is 0.0338. The highest BCUT2D eigenvalue weighted by atomic mass is 16.2. The van der Waals surface area contributed by atoms with Gasteiger partial charge < -0.3 is 15.2 Å². The van der Waals surface area contributed by atoms with E-state index >= 15 is 0 Å². The first-order valence-corrected chi connectivity index (χ1v) is 12.5. The van der Waals surface area contributed by atoms with Crippen molar-refractivity contribution >= 4 is 28.4 Å². The van der Waals surface area contributed by atoms with Gasteiger partial charge in [-0.3, -0.25) is 9.59 Å². The van der Waals surface area contributed by atoms with Gasteiger partial charge in [0.2, 0.25) is 5.91 Å². The number of nitrogens with zero attached hydrogens (tertiary/aromatic N) is 1. The molecule has 0 atom stereocenters. The maximum Gasteiger partial charge on any atom is 0.268 e. The van der Waals surface area contributed by atoms with E-state index in [1.54, 1.807) is 0 Å². The number of amides is 2. The Hall–Kier alpha value is -3.86. The molecule has 5 heteroatoms. The van der Waals surface area contributed by atoms with Crippen LogP contribution in [0.1, 0.15) is 61.8 Å². The number of carbonyl (C=O) groups excluding carboxylic acids is 2. The number of rotatable bonds is 7. The average molecular weight is 482 g/mol. The Bertz CT molecular complexity index is 1360. The molecule has 0 spiro atoms. The smallest absolute Gasteiger partial charge is 0.268 e. The van der Waals surface area contributed by atoms with Gasteiger partial charge in [-0.1, -0.05) is 89.2 Å². The van der Waals surface area contributed by atoms with Gasteiger partial charge in [-0.2, -0.15) is 0 Å². The Morgan fingerprint density at radius 3 is 2.19 bits per heavy atom. The summed E-state index contributed by atoms with van der Waals surface area (Å²) in [5.74, 6) is -0.275. The molecule has 0 aliphatic heterocycles. The van der Waals surface area contributed by atoms with Crippen molar-refractivity contribution in [2.24, 2.45) is 5.92 Å². The Morgan fingerprint density at radius 2 is 1.56 bits per heavy atom. The summed E-state index contributed by atoms with van der Waals surface area (Å²) in [6.45, 7) is 11.4. The first-order valence-electron chi connectivity index (χ1n) is 12.5. The first kappa shape index (κ1) is 25.2. The Balaban J connectivity index is 1.67. The van der Waals surface area contributed by atoms with Gasteiger partial charge in [-0.25, -0.2) is 0 Å². The van der Waals surface area contributed by atoms with E-state index in [9.17, 15) is 9.59 Å². The minimum Gasteiger partial charge on any atom is -0.347 e. The van der Waals surface area contributed by atoms with Crippen molar-refractivity contribution in [1.82, 2.24) is 9.88 Å². The van der Waals surface area contributed by atoms with Crippen LogP contribution in [0.25, 0.3) is 10.9 Å². The number of aromatic nitrogens is 1. The highest BCUT2D eigenvalue weighted by Gasteiger charge is 2.18. The van der Waals surface area contributed by atoms with Crippen LogP contribution in [0.5, 0.6) is 0 Å². The van der Waals surface area contributed by atoms with E-state index in [2.05, 4.69) is 60.2 Å². The Labute approximate surface area is 213 Å². The van der Waals surface area contributed by atoms with E-state index in [0.717, 1.165) is 27.7 Å². The van der Waals surface area contributed by atoms with Crippen molar-refractivity contribution < 1.29 is 9.59 Å². The minimum atomic E-state index is -0.130. The van der Waals surface area contributed by atoms with Crippen LogP contribution < -0.4 is 10.6 Å². The fourth-order valence-corrected chi connectivity index (χ4v) is 4.16. The average Bonchev–Trinajstić information content (AvgIpc) is 3.20. The molecule has 4 rings (SSSR count). The summed E-state index contributed by atoms with van der Waals surface area (Å²) < 4.78 is 2.05. The summed E-state index contributed by atoms with van der Waals surface area (Å²) in [4.78, 5) is 25.5.